The van der Waals surface area contributed by atoms with Gasteiger partial charge in [0.05, 0.1) is 19.4 Å². The molecule has 3 aromatic rings. The van der Waals surface area contributed by atoms with Crippen molar-refractivity contribution in [3.05, 3.63) is 89.0 Å². The minimum Gasteiger partial charge on any atom is -0.311 e. The van der Waals surface area contributed by atoms with Crippen LogP contribution in [0.15, 0.2) is 76.6 Å². The van der Waals surface area contributed by atoms with E-state index in [1.807, 2.05) is 35.8 Å². The van der Waals surface area contributed by atoms with Crippen LogP contribution in [0, 0.1) is 6.92 Å². The van der Waals surface area contributed by atoms with Crippen molar-refractivity contribution in [3.8, 4) is 0 Å². The molecule has 0 N–H and O–H groups in total. The molecule has 5 nitrogen and oxygen atoms in total. The van der Waals surface area contributed by atoms with Crippen molar-refractivity contribution < 1.29 is 0 Å². The Balaban J connectivity index is 1.45. The van der Waals surface area contributed by atoms with Gasteiger partial charge in [-0.15, -0.1) is 0 Å². The summed E-state index contributed by atoms with van der Waals surface area (Å²) in [4.78, 5) is 16.1. The maximum atomic E-state index is 4.73. The summed E-state index contributed by atoms with van der Waals surface area (Å²) >= 11 is 0. The van der Waals surface area contributed by atoms with Gasteiger partial charge in [-0.25, -0.2) is 9.98 Å². The summed E-state index contributed by atoms with van der Waals surface area (Å²) in [5, 5.41) is 0. The highest BCUT2D eigenvalue weighted by Crippen LogP contribution is 2.30. The van der Waals surface area contributed by atoms with Gasteiger partial charge in [0.15, 0.2) is 17.3 Å². The summed E-state index contributed by atoms with van der Waals surface area (Å²) in [5.74, 6) is 1.75. The van der Waals surface area contributed by atoms with Crippen molar-refractivity contribution in [1.82, 2.24) is 14.5 Å². The molecule has 2 aliphatic rings. The van der Waals surface area contributed by atoms with Gasteiger partial charge in [-0.2, -0.15) is 0 Å². The molecule has 0 amide bonds. The number of amidine groups is 1. The van der Waals surface area contributed by atoms with E-state index in [1.165, 1.54) is 16.7 Å². The molecule has 1 aromatic heterocycles. The van der Waals surface area contributed by atoms with Gasteiger partial charge in [0.1, 0.15) is 6.34 Å². The quantitative estimate of drug-likeness (QED) is 0.714. The Morgan fingerprint density at radius 1 is 1.07 bits per heavy atom. The van der Waals surface area contributed by atoms with E-state index < -0.39 is 0 Å². The van der Waals surface area contributed by atoms with E-state index in [9.17, 15) is 0 Å². The predicted octanol–water partition coefficient (Wildman–Crippen LogP) is 4.02. The first-order valence-corrected chi connectivity index (χ1v) is 9.02. The van der Waals surface area contributed by atoms with Gasteiger partial charge in [-0.3, -0.25) is 9.89 Å². The molecule has 2 aliphatic heterocycles. The van der Waals surface area contributed by atoms with Crippen molar-refractivity contribution in [2.45, 2.75) is 13.5 Å². The van der Waals surface area contributed by atoms with Crippen LogP contribution in [0.1, 0.15) is 22.4 Å². The average molecular weight is 353 g/mol. The van der Waals surface area contributed by atoms with E-state index in [0.717, 1.165) is 29.6 Å². The fraction of sp³-hybridized carbons (Fsp3) is 0.136. The number of imidazole rings is 1. The molecule has 27 heavy (non-hydrogen) atoms. The molecule has 0 saturated heterocycles. The van der Waals surface area contributed by atoms with E-state index in [2.05, 4.69) is 63.9 Å². The number of nitrogens with zero attached hydrogens (tertiary/aromatic N) is 5. The molecule has 0 unspecified atom stereocenters. The number of rotatable bonds is 3. The largest absolute Gasteiger partial charge is 0.311 e. The van der Waals surface area contributed by atoms with Crippen LogP contribution in [0.4, 0.5) is 5.82 Å². The first kappa shape index (κ1) is 15.8. The predicted molar refractivity (Wildman–Crippen MR) is 108 cm³/mol. The van der Waals surface area contributed by atoms with Crippen molar-refractivity contribution in [3.63, 3.8) is 0 Å². The molecule has 132 valence electrons. The standard InChI is InChI=1S/C22H19N5/c1-16-6-5-9-18(10-16)11-19-12-23-22-20-21(25-15-27(19)22)26(14-24-20)13-17-7-3-2-4-8-17/h2-11,14-15H,12-13H2,1H3/b19-11-. The topological polar surface area (TPSA) is 45.8 Å². The number of fused-ring (bicyclic) bond motifs is 3. The van der Waals surface area contributed by atoms with Crippen LogP contribution in [0.5, 0.6) is 0 Å². The number of benzene rings is 2. The van der Waals surface area contributed by atoms with Gasteiger partial charge in [0, 0.05) is 5.70 Å². The molecule has 0 radical (unpaired) electrons. The van der Waals surface area contributed by atoms with E-state index in [4.69, 9.17) is 4.99 Å². The molecule has 0 aliphatic carbocycles. The van der Waals surface area contributed by atoms with Gasteiger partial charge < -0.3 is 4.57 Å². The van der Waals surface area contributed by atoms with Gasteiger partial charge in [0.25, 0.3) is 0 Å². The monoisotopic (exact) mass is 353 g/mol. The van der Waals surface area contributed by atoms with Gasteiger partial charge in [-0.05, 0) is 24.1 Å². The number of aryl methyl sites for hydroxylation is 1. The average Bonchev–Trinajstić information content (AvgIpc) is 3.27. The molecular formula is C22H19N5. The van der Waals surface area contributed by atoms with Crippen LogP contribution in [-0.2, 0) is 6.54 Å². The maximum Gasteiger partial charge on any atom is 0.165 e. The lowest BCUT2D eigenvalue weighted by molar-refractivity contribution is 0.776. The molecule has 0 bridgehead atoms. The zero-order valence-corrected chi connectivity index (χ0v) is 15.1. The minimum absolute atomic E-state index is 0.639. The van der Waals surface area contributed by atoms with E-state index in [-0.39, 0.29) is 0 Å². The minimum atomic E-state index is 0.639. The summed E-state index contributed by atoms with van der Waals surface area (Å²) < 4.78 is 2.07. The van der Waals surface area contributed by atoms with E-state index >= 15 is 0 Å². The number of aromatic nitrogens is 2. The van der Waals surface area contributed by atoms with Crippen molar-refractivity contribution in [2.24, 2.45) is 9.98 Å². The Morgan fingerprint density at radius 3 is 2.81 bits per heavy atom. The van der Waals surface area contributed by atoms with Crippen LogP contribution >= 0.6 is 0 Å². The Hall–Kier alpha value is -3.47. The molecule has 3 heterocycles. The third kappa shape index (κ3) is 2.87. The number of hydrogen-bond donors (Lipinski definition) is 0. The second-order valence-corrected chi connectivity index (χ2v) is 6.83. The third-order valence-corrected chi connectivity index (χ3v) is 4.82. The summed E-state index contributed by atoms with van der Waals surface area (Å²) in [5.41, 5.74) is 5.61. The van der Waals surface area contributed by atoms with E-state index in [0.29, 0.717) is 6.54 Å². The van der Waals surface area contributed by atoms with Gasteiger partial charge >= 0.3 is 0 Å². The normalized spacial score (nSPS) is 16.4. The maximum absolute atomic E-state index is 4.73. The Bertz CT molecular complexity index is 1090. The lowest BCUT2D eigenvalue weighted by Gasteiger charge is -2.20. The summed E-state index contributed by atoms with van der Waals surface area (Å²) in [6.07, 6.45) is 5.88. The molecule has 0 spiro atoms. The fourth-order valence-electron chi connectivity index (χ4n) is 3.51. The highest BCUT2D eigenvalue weighted by Gasteiger charge is 2.30. The molecular weight excluding hydrogens is 334 g/mol. The molecule has 0 fully saturated rings. The number of hydrogen-bond acceptors (Lipinski definition) is 4. The summed E-state index contributed by atoms with van der Waals surface area (Å²) in [6, 6.07) is 18.8. The SMILES string of the molecule is Cc1cccc(/C=C2/CN=C3c4ncn(Cc5ccccc5)c4N=CN32)c1. The van der Waals surface area contributed by atoms with Crippen LogP contribution in [-0.4, -0.2) is 33.2 Å². The van der Waals surface area contributed by atoms with Crippen LogP contribution in [0.3, 0.4) is 0 Å². The summed E-state index contributed by atoms with van der Waals surface area (Å²) in [7, 11) is 0. The Kier molecular flexibility index (Phi) is 3.71. The second kappa shape index (κ2) is 6.36. The molecule has 2 aromatic carbocycles. The molecule has 0 saturated carbocycles. The molecule has 0 atom stereocenters. The Morgan fingerprint density at radius 2 is 1.96 bits per heavy atom. The first-order chi connectivity index (χ1) is 13.3. The highest BCUT2D eigenvalue weighted by atomic mass is 15.3. The van der Waals surface area contributed by atoms with Crippen LogP contribution in [0.25, 0.3) is 6.08 Å². The van der Waals surface area contributed by atoms with Crippen LogP contribution < -0.4 is 0 Å². The summed E-state index contributed by atoms with van der Waals surface area (Å²) in [6.45, 7) is 3.49. The fourth-order valence-corrected chi connectivity index (χ4v) is 3.51. The molecule has 5 heteroatoms. The third-order valence-electron chi connectivity index (χ3n) is 4.82. The number of aliphatic imine (C=N–C) groups is 2. The van der Waals surface area contributed by atoms with Crippen molar-refractivity contribution in [2.75, 3.05) is 6.54 Å². The van der Waals surface area contributed by atoms with Gasteiger partial charge in [-0.1, -0.05) is 60.2 Å². The second-order valence-electron chi connectivity index (χ2n) is 6.83. The van der Waals surface area contributed by atoms with E-state index in [1.54, 1.807) is 0 Å². The lowest BCUT2D eigenvalue weighted by atomic mass is 10.1. The zero-order valence-electron chi connectivity index (χ0n) is 15.1. The zero-order chi connectivity index (χ0) is 18.2. The Labute approximate surface area is 158 Å². The molecule has 5 rings (SSSR count). The van der Waals surface area contributed by atoms with Gasteiger partial charge in [0.2, 0.25) is 0 Å². The van der Waals surface area contributed by atoms with Crippen molar-refractivity contribution in [1.29, 1.82) is 0 Å². The van der Waals surface area contributed by atoms with Crippen LogP contribution in [0.2, 0.25) is 0 Å². The highest BCUT2D eigenvalue weighted by molar-refractivity contribution is 6.11. The lowest BCUT2D eigenvalue weighted by Crippen LogP contribution is -2.28. The first-order valence-electron chi connectivity index (χ1n) is 9.02. The van der Waals surface area contributed by atoms with Crippen molar-refractivity contribution >= 4 is 24.1 Å². The smallest absolute Gasteiger partial charge is 0.165 e.